The molecule has 0 unspecified atom stereocenters. The Morgan fingerprint density at radius 1 is 0.833 bits per heavy atom. The molecule has 0 aliphatic carbocycles. The van der Waals surface area contributed by atoms with Crippen LogP contribution in [0.15, 0.2) is 85.2 Å². The summed E-state index contributed by atoms with van der Waals surface area (Å²) < 4.78 is 2.08. The molecular formula is C25H18N4O. The van der Waals surface area contributed by atoms with Crippen molar-refractivity contribution in [2.45, 2.75) is 6.92 Å². The summed E-state index contributed by atoms with van der Waals surface area (Å²) in [7, 11) is 0. The molecule has 0 fully saturated rings. The molecule has 0 amide bonds. The molecule has 5 nitrogen and oxygen atoms in total. The van der Waals surface area contributed by atoms with E-state index in [4.69, 9.17) is 9.97 Å². The normalized spacial score (nSPS) is 11.0. The first-order chi connectivity index (χ1) is 14.7. The van der Waals surface area contributed by atoms with Crippen LogP contribution in [0.5, 0.6) is 0 Å². The Morgan fingerprint density at radius 3 is 2.50 bits per heavy atom. The van der Waals surface area contributed by atoms with E-state index in [1.54, 1.807) is 18.3 Å². The standard InChI is InChI=1S/C25H18N4O/c1-17-5-4-6-21(27-17)24-25(29-14-3-2-7-23(29)28-24)20-12-13-26-22(15-20)19-10-8-18(16-30)9-11-19/h2-16H,1H3. The number of aromatic nitrogens is 4. The number of imidazole rings is 1. The highest BCUT2D eigenvalue weighted by Gasteiger charge is 2.17. The van der Waals surface area contributed by atoms with Crippen LogP contribution < -0.4 is 0 Å². The zero-order chi connectivity index (χ0) is 20.5. The highest BCUT2D eigenvalue weighted by atomic mass is 16.1. The van der Waals surface area contributed by atoms with E-state index in [1.165, 1.54) is 0 Å². The summed E-state index contributed by atoms with van der Waals surface area (Å²) in [5.74, 6) is 0. The lowest BCUT2D eigenvalue weighted by Crippen LogP contribution is -1.93. The molecule has 0 saturated carbocycles. The van der Waals surface area contributed by atoms with E-state index in [2.05, 4.69) is 9.38 Å². The number of carbonyl (C=O) groups is 1. The SMILES string of the molecule is Cc1cccc(-c2nc3ccccn3c2-c2ccnc(-c3ccc(C=O)cc3)c2)n1. The van der Waals surface area contributed by atoms with Gasteiger partial charge in [-0.2, -0.15) is 0 Å². The molecular weight excluding hydrogens is 372 g/mol. The van der Waals surface area contributed by atoms with Crippen LogP contribution >= 0.6 is 0 Å². The fraction of sp³-hybridized carbons (Fsp3) is 0.0400. The fourth-order valence-corrected chi connectivity index (χ4v) is 3.59. The Kier molecular flexibility index (Phi) is 4.41. The van der Waals surface area contributed by atoms with Gasteiger partial charge in [0.15, 0.2) is 0 Å². The molecule has 1 aromatic carbocycles. The van der Waals surface area contributed by atoms with Crippen LogP contribution in [0, 0.1) is 6.92 Å². The first-order valence-electron chi connectivity index (χ1n) is 9.66. The maximum atomic E-state index is 11.0. The molecule has 0 atom stereocenters. The van der Waals surface area contributed by atoms with Gasteiger partial charge in [-0.05, 0) is 43.3 Å². The largest absolute Gasteiger partial charge is 0.299 e. The fourth-order valence-electron chi connectivity index (χ4n) is 3.59. The average Bonchev–Trinajstić information content (AvgIpc) is 3.19. The molecule has 144 valence electrons. The predicted octanol–water partition coefficient (Wildman–Crippen LogP) is 5.25. The van der Waals surface area contributed by atoms with Gasteiger partial charge >= 0.3 is 0 Å². The van der Waals surface area contributed by atoms with Gasteiger partial charge < -0.3 is 0 Å². The average molecular weight is 390 g/mol. The summed E-state index contributed by atoms with van der Waals surface area (Å²) in [5.41, 5.74) is 7.87. The number of nitrogens with zero attached hydrogens (tertiary/aromatic N) is 4. The second kappa shape index (κ2) is 7.37. The van der Waals surface area contributed by atoms with Crippen molar-refractivity contribution in [1.29, 1.82) is 0 Å². The van der Waals surface area contributed by atoms with E-state index in [-0.39, 0.29) is 0 Å². The molecule has 0 radical (unpaired) electrons. The van der Waals surface area contributed by atoms with Crippen LogP contribution in [0.2, 0.25) is 0 Å². The number of fused-ring (bicyclic) bond motifs is 1. The highest BCUT2D eigenvalue weighted by molar-refractivity contribution is 5.82. The summed E-state index contributed by atoms with van der Waals surface area (Å²) in [4.78, 5) is 25.1. The molecule has 5 heteroatoms. The number of aryl methyl sites for hydroxylation is 1. The van der Waals surface area contributed by atoms with Crippen molar-refractivity contribution in [1.82, 2.24) is 19.4 Å². The Morgan fingerprint density at radius 2 is 1.70 bits per heavy atom. The minimum atomic E-state index is 0.643. The van der Waals surface area contributed by atoms with Gasteiger partial charge in [0, 0.05) is 34.8 Å². The van der Waals surface area contributed by atoms with Crippen molar-refractivity contribution in [3.05, 3.63) is 96.4 Å². The predicted molar refractivity (Wildman–Crippen MR) is 117 cm³/mol. The monoisotopic (exact) mass is 390 g/mol. The second-order valence-corrected chi connectivity index (χ2v) is 7.07. The molecule has 30 heavy (non-hydrogen) atoms. The molecule has 0 aliphatic heterocycles. The Balaban J connectivity index is 1.71. The van der Waals surface area contributed by atoms with Crippen LogP contribution in [-0.2, 0) is 0 Å². The van der Waals surface area contributed by atoms with Crippen molar-refractivity contribution in [3.63, 3.8) is 0 Å². The van der Waals surface area contributed by atoms with E-state index in [0.29, 0.717) is 5.56 Å². The molecule has 5 rings (SSSR count). The van der Waals surface area contributed by atoms with Crippen molar-refractivity contribution in [3.8, 4) is 33.9 Å². The molecule has 4 aromatic heterocycles. The van der Waals surface area contributed by atoms with E-state index in [1.807, 2.05) is 73.8 Å². The Labute approximate surface area is 173 Å². The minimum Gasteiger partial charge on any atom is -0.299 e. The van der Waals surface area contributed by atoms with Crippen LogP contribution in [0.4, 0.5) is 0 Å². The van der Waals surface area contributed by atoms with Crippen LogP contribution in [0.25, 0.3) is 39.5 Å². The third-order valence-electron chi connectivity index (χ3n) is 5.04. The zero-order valence-corrected chi connectivity index (χ0v) is 16.4. The van der Waals surface area contributed by atoms with Crippen molar-refractivity contribution in [2.24, 2.45) is 0 Å². The zero-order valence-electron chi connectivity index (χ0n) is 16.4. The molecule has 0 saturated heterocycles. The van der Waals surface area contributed by atoms with Gasteiger partial charge in [0.25, 0.3) is 0 Å². The maximum Gasteiger partial charge on any atom is 0.150 e. The Hall–Kier alpha value is -4.12. The van der Waals surface area contributed by atoms with Gasteiger partial charge in [0.05, 0.1) is 17.1 Å². The smallest absolute Gasteiger partial charge is 0.150 e. The van der Waals surface area contributed by atoms with Gasteiger partial charge in [-0.1, -0.05) is 36.4 Å². The molecule has 0 bridgehead atoms. The summed E-state index contributed by atoms with van der Waals surface area (Å²) in [6.07, 6.45) is 4.65. The first-order valence-corrected chi connectivity index (χ1v) is 9.66. The van der Waals surface area contributed by atoms with Gasteiger partial charge in [0.2, 0.25) is 0 Å². The summed E-state index contributed by atoms with van der Waals surface area (Å²) in [6.45, 7) is 1.98. The summed E-state index contributed by atoms with van der Waals surface area (Å²) in [5, 5.41) is 0. The van der Waals surface area contributed by atoms with Gasteiger partial charge in [0.1, 0.15) is 17.6 Å². The van der Waals surface area contributed by atoms with E-state index in [9.17, 15) is 4.79 Å². The second-order valence-electron chi connectivity index (χ2n) is 7.07. The van der Waals surface area contributed by atoms with Crippen LogP contribution in [0.3, 0.4) is 0 Å². The lowest BCUT2D eigenvalue weighted by molar-refractivity contribution is 0.112. The quantitative estimate of drug-likeness (QED) is 0.394. The number of hydrogen-bond donors (Lipinski definition) is 0. The maximum absolute atomic E-state index is 11.0. The molecule has 0 aliphatic rings. The lowest BCUT2D eigenvalue weighted by Gasteiger charge is -2.08. The molecule has 4 heterocycles. The number of aldehydes is 1. The van der Waals surface area contributed by atoms with Gasteiger partial charge in [-0.3, -0.25) is 19.2 Å². The summed E-state index contributed by atoms with van der Waals surface area (Å²) in [6, 6.07) is 23.4. The van der Waals surface area contributed by atoms with Gasteiger partial charge in [-0.25, -0.2) is 4.98 Å². The number of hydrogen-bond acceptors (Lipinski definition) is 4. The van der Waals surface area contributed by atoms with E-state index < -0.39 is 0 Å². The van der Waals surface area contributed by atoms with Crippen molar-refractivity contribution < 1.29 is 4.79 Å². The number of rotatable bonds is 4. The highest BCUT2D eigenvalue weighted by Crippen LogP contribution is 2.33. The Bertz CT molecular complexity index is 1370. The van der Waals surface area contributed by atoms with Crippen molar-refractivity contribution in [2.75, 3.05) is 0 Å². The van der Waals surface area contributed by atoms with Crippen LogP contribution in [0.1, 0.15) is 16.1 Å². The van der Waals surface area contributed by atoms with E-state index in [0.717, 1.165) is 51.5 Å². The topological polar surface area (TPSA) is 60.2 Å². The molecule has 5 aromatic rings. The third kappa shape index (κ3) is 3.16. The minimum absolute atomic E-state index is 0.643. The third-order valence-corrected chi connectivity index (χ3v) is 5.04. The molecule has 0 spiro atoms. The van der Waals surface area contributed by atoms with Crippen molar-refractivity contribution >= 4 is 11.9 Å². The first kappa shape index (κ1) is 17.9. The number of benzene rings is 1. The van der Waals surface area contributed by atoms with Crippen LogP contribution in [-0.4, -0.2) is 25.6 Å². The lowest BCUT2D eigenvalue weighted by atomic mass is 10.0. The summed E-state index contributed by atoms with van der Waals surface area (Å²) >= 11 is 0. The van der Waals surface area contributed by atoms with Gasteiger partial charge in [-0.15, -0.1) is 0 Å². The molecule has 0 N–H and O–H groups in total. The van der Waals surface area contributed by atoms with E-state index >= 15 is 0 Å². The number of pyridine rings is 3. The number of carbonyl (C=O) groups excluding carboxylic acids is 1.